The van der Waals surface area contributed by atoms with Crippen molar-refractivity contribution in [3.63, 3.8) is 0 Å². The molecule has 0 aliphatic carbocycles. The smallest absolute Gasteiger partial charge is 0.236 e. The normalized spacial score (nSPS) is 24.9. The summed E-state index contributed by atoms with van der Waals surface area (Å²) in [5, 5.41) is 0. The molecule has 2 N–H and O–H groups in total. The summed E-state index contributed by atoms with van der Waals surface area (Å²) in [5.41, 5.74) is 6.17. The predicted octanol–water partition coefficient (Wildman–Crippen LogP) is -0.426. The van der Waals surface area contributed by atoms with E-state index in [2.05, 4.69) is 23.8 Å². The molecule has 2 heterocycles. The van der Waals surface area contributed by atoms with Crippen LogP contribution in [-0.4, -0.2) is 79.0 Å². The van der Waals surface area contributed by atoms with E-state index < -0.39 is 0 Å². The molecule has 0 aromatic heterocycles. The molecule has 2 aliphatic heterocycles. The molecule has 2 aliphatic rings. The van der Waals surface area contributed by atoms with Crippen LogP contribution in [0, 0.1) is 0 Å². The molecule has 5 nitrogen and oxygen atoms in total. The van der Waals surface area contributed by atoms with Crippen molar-refractivity contribution >= 4 is 5.91 Å². The van der Waals surface area contributed by atoms with Crippen LogP contribution >= 0.6 is 0 Å². The van der Waals surface area contributed by atoms with E-state index in [0.29, 0.717) is 6.54 Å². The van der Waals surface area contributed by atoms with Gasteiger partial charge in [0.1, 0.15) is 0 Å². The van der Waals surface area contributed by atoms with Crippen molar-refractivity contribution in [3.05, 3.63) is 0 Å². The summed E-state index contributed by atoms with van der Waals surface area (Å²) in [7, 11) is 2.10. The van der Waals surface area contributed by atoms with Gasteiger partial charge >= 0.3 is 0 Å². The molecule has 0 aromatic rings. The molecule has 0 bridgehead atoms. The van der Waals surface area contributed by atoms with Gasteiger partial charge in [-0.05, 0) is 13.5 Å². The number of likely N-dealkylation sites (N-methyl/N-ethyl adjacent to an activating group) is 1. The summed E-state index contributed by atoms with van der Waals surface area (Å²) < 4.78 is 0. The Kier molecular flexibility index (Phi) is 4.25. The number of rotatable bonds is 4. The Hall–Kier alpha value is -0.650. The minimum absolute atomic E-state index is 0.0306. The van der Waals surface area contributed by atoms with Crippen LogP contribution in [0.4, 0.5) is 0 Å². The Morgan fingerprint density at radius 1 is 1.22 bits per heavy atom. The molecule has 0 spiro atoms. The largest absolute Gasteiger partial charge is 0.339 e. The Morgan fingerprint density at radius 2 is 1.83 bits per heavy atom. The SMILES string of the molecule is CCCC1(N)CN(CC(=O)N2CCN(C)CC2)C1. The zero-order valence-corrected chi connectivity index (χ0v) is 11.7. The van der Waals surface area contributed by atoms with E-state index in [0.717, 1.165) is 52.1 Å². The average molecular weight is 254 g/mol. The third kappa shape index (κ3) is 3.22. The number of carbonyl (C=O) groups is 1. The predicted molar refractivity (Wildman–Crippen MR) is 72.3 cm³/mol. The van der Waals surface area contributed by atoms with Gasteiger partial charge in [-0.2, -0.15) is 0 Å². The second kappa shape index (κ2) is 5.55. The third-order valence-corrected chi connectivity index (χ3v) is 4.04. The van der Waals surface area contributed by atoms with Crippen molar-refractivity contribution in [1.82, 2.24) is 14.7 Å². The van der Waals surface area contributed by atoms with E-state index >= 15 is 0 Å². The highest BCUT2D eigenvalue weighted by Crippen LogP contribution is 2.22. The van der Waals surface area contributed by atoms with Crippen molar-refractivity contribution < 1.29 is 4.79 Å². The average Bonchev–Trinajstić information content (AvgIpc) is 2.28. The zero-order valence-electron chi connectivity index (χ0n) is 11.7. The van der Waals surface area contributed by atoms with Gasteiger partial charge in [0.25, 0.3) is 0 Å². The van der Waals surface area contributed by atoms with E-state index in [1.54, 1.807) is 0 Å². The van der Waals surface area contributed by atoms with Gasteiger partial charge in [0, 0.05) is 44.8 Å². The Bertz CT molecular complexity index is 293. The van der Waals surface area contributed by atoms with E-state index in [1.807, 2.05) is 4.90 Å². The number of likely N-dealkylation sites (tertiary alicyclic amines) is 1. The van der Waals surface area contributed by atoms with Gasteiger partial charge in [0.2, 0.25) is 5.91 Å². The first-order valence-electron chi connectivity index (χ1n) is 7.00. The standard InChI is InChI=1S/C13H26N4O/c1-3-4-13(14)10-16(11-13)9-12(18)17-7-5-15(2)6-8-17/h3-11,14H2,1-2H3. The van der Waals surface area contributed by atoms with E-state index in [4.69, 9.17) is 5.73 Å². The maximum Gasteiger partial charge on any atom is 0.236 e. The quantitative estimate of drug-likeness (QED) is 0.740. The first kappa shape index (κ1) is 13.8. The number of piperazine rings is 1. The molecule has 18 heavy (non-hydrogen) atoms. The van der Waals surface area contributed by atoms with Crippen molar-refractivity contribution in [1.29, 1.82) is 0 Å². The second-order valence-electron chi connectivity index (χ2n) is 5.94. The van der Waals surface area contributed by atoms with Crippen molar-refractivity contribution in [2.24, 2.45) is 5.73 Å². The summed E-state index contributed by atoms with van der Waals surface area (Å²) in [4.78, 5) is 18.5. The maximum absolute atomic E-state index is 12.1. The number of hydrogen-bond donors (Lipinski definition) is 1. The van der Waals surface area contributed by atoms with Crippen LogP contribution in [0.1, 0.15) is 19.8 Å². The zero-order chi connectivity index (χ0) is 13.2. The summed E-state index contributed by atoms with van der Waals surface area (Å²) in [5.74, 6) is 0.265. The van der Waals surface area contributed by atoms with E-state index in [-0.39, 0.29) is 11.4 Å². The minimum atomic E-state index is -0.0306. The van der Waals surface area contributed by atoms with Crippen LogP contribution in [0.2, 0.25) is 0 Å². The number of nitrogens with zero attached hydrogens (tertiary/aromatic N) is 3. The van der Waals surface area contributed by atoms with Gasteiger partial charge in [0.15, 0.2) is 0 Å². The Balaban J connectivity index is 1.70. The van der Waals surface area contributed by atoms with Crippen molar-refractivity contribution in [2.45, 2.75) is 25.3 Å². The third-order valence-electron chi connectivity index (χ3n) is 4.04. The van der Waals surface area contributed by atoms with Crippen LogP contribution in [0.15, 0.2) is 0 Å². The molecule has 0 atom stereocenters. The highest BCUT2D eigenvalue weighted by Gasteiger charge is 2.39. The molecule has 2 rings (SSSR count). The van der Waals surface area contributed by atoms with Crippen LogP contribution in [0.3, 0.4) is 0 Å². The topological polar surface area (TPSA) is 52.8 Å². The molecule has 0 aromatic carbocycles. The summed E-state index contributed by atoms with van der Waals surface area (Å²) >= 11 is 0. The first-order chi connectivity index (χ1) is 8.52. The Morgan fingerprint density at radius 3 is 2.39 bits per heavy atom. The highest BCUT2D eigenvalue weighted by atomic mass is 16.2. The van der Waals surface area contributed by atoms with Crippen LogP contribution in [0.25, 0.3) is 0 Å². The Labute approximate surface area is 110 Å². The number of nitrogens with two attached hydrogens (primary N) is 1. The summed E-state index contributed by atoms with van der Waals surface area (Å²) in [6.07, 6.45) is 2.18. The maximum atomic E-state index is 12.1. The lowest BCUT2D eigenvalue weighted by Crippen LogP contribution is -2.68. The van der Waals surface area contributed by atoms with Crippen molar-refractivity contribution in [3.8, 4) is 0 Å². The molecule has 0 radical (unpaired) electrons. The summed E-state index contributed by atoms with van der Waals surface area (Å²) in [6.45, 7) is 8.17. The minimum Gasteiger partial charge on any atom is -0.339 e. The lowest BCUT2D eigenvalue weighted by Gasteiger charge is -2.48. The van der Waals surface area contributed by atoms with Gasteiger partial charge in [0.05, 0.1) is 6.54 Å². The number of hydrogen-bond acceptors (Lipinski definition) is 4. The first-order valence-corrected chi connectivity index (χ1v) is 7.00. The van der Waals surface area contributed by atoms with Gasteiger partial charge in [-0.3, -0.25) is 9.69 Å². The fourth-order valence-corrected chi connectivity index (χ4v) is 2.96. The molecule has 2 fully saturated rings. The fourth-order valence-electron chi connectivity index (χ4n) is 2.96. The second-order valence-corrected chi connectivity index (χ2v) is 5.94. The summed E-state index contributed by atoms with van der Waals surface area (Å²) in [6, 6.07) is 0. The van der Waals surface area contributed by atoms with Crippen LogP contribution < -0.4 is 5.73 Å². The molecular weight excluding hydrogens is 228 g/mol. The van der Waals surface area contributed by atoms with Gasteiger partial charge in [-0.15, -0.1) is 0 Å². The van der Waals surface area contributed by atoms with E-state index in [1.165, 1.54) is 0 Å². The lowest BCUT2D eigenvalue weighted by molar-refractivity contribution is -0.136. The van der Waals surface area contributed by atoms with Gasteiger partial charge in [-0.25, -0.2) is 0 Å². The van der Waals surface area contributed by atoms with Gasteiger partial charge in [-0.1, -0.05) is 13.3 Å². The highest BCUT2D eigenvalue weighted by molar-refractivity contribution is 5.78. The lowest BCUT2D eigenvalue weighted by atomic mass is 9.86. The van der Waals surface area contributed by atoms with Crippen LogP contribution in [0.5, 0.6) is 0 Å². The van der Waals surface area contributed by atoms with Crippen molar-refractivity contribution in [2.75, 3.05) is 52.9 Å². The van der Waals surface area contributed by atoms with Crippen LogP contribution in [-0.2, 0) is 4.79 Å². The molecular formula is C13H26N4O. The molecule has 0 unspecified atom stereocenters. The molecule has 104 valence electrons. The van der Waals surface area contributed by atoms with E-state index in [9.17, 15) is 4.79 Å². The molecule has 2 saturated heterocycles. The molecule has 5 heteroatoms. The monoisotopic (exact) mass is 254 g/mol. The number of amides is 1. The molecule has 1 amide bonds. The number of carbonyl (C=O) groups excluding carboxylic acids is 1. The molecule has 0 saturated carbocycles. The van der Waals surface area contributed by atoms with Gasteiger partial charge < -0.3 is 15.5 Å². The fraction of sp³-hybridized carbons (Fsp3) is 0.923.